The number of rotatable bonds is 4. The normalized spacial score (nSPS) is 10.4. The van der Waals surface area contributed by atoms with Gasteiger partial charge in [0.15, 0.2) is 11.6 Å². The van der Waals surface area contributed by atoms with Gasteiger partial charge in [0.25, 0.3) is 5.91 Å². The zero-order valence-electron chi connectivity index (χ0n) is 10.6. The van der Waals surface area contributed by atoms with E-state index in [1.807, 2.05) is 6.92 Å². The number of aryl methyl sites for hydroxylation is 1. The van der Waals surface area contributed by atoms with Crippen molar-refractivity contribution in [3.8, 4) is 5.75 Å². The van der Waals surface area contributed by atoms with Crippen LogP contribution < -0.4 is 16.0 Å². The van der Waals surface area contributed by atoms with Gasteiger partial charge in [0.1, 0.15) is 6.61 Å². The van der Waals surface area contributed by atoms with Crippen LogP contribution in [0.2, 0.25) is 5.02 Å². The van der Waals surface area contributed by atoms with Crippen LogP contribution in [-0.4, -0.2) is 5.91 Å². The van der Waals surface area contributed by atoms with Gasteiger partial charge in [-0.05, 0) is 25.1 Å². The first kappa shape index (κ1) is 14.8. The molecule has 1 aromatic carbocycles. The monoisotopic (exact) mass is 314 g/mol. The molecule has 4 nitrogen and oxygen atoms in total. The molecule has 0 aliphatic heterocycles. The van der Waals surface area contributed by atoms with Crippen LogP contribution >= 0.6 is 22.9 Å². The minimum atomic E-state index is -0.523. The second-order valence-electron chi connectivity index (χ2n) is 4.00. The van der Waals surface area contributed by atoms with Crippen molar-refractivity contribution in [1.29, 1.82) is 0 Å². The number of thiophene rings is 1. The van der Waals surface area contributed by atoms with Crippen molar-refractivity contribution in [2.24, 2.45) is 5.84 Å². The van der Waals surface area contributed by atoms with Crippen LogP contribution in [0, 0.1) is 12.7 Å². The summed E-state index contributed by atoms with van der Waals surface area (Å²) >= 11 is 7.16. The predicted molar refractivity (Wildman–Crippen MR) is 76.5 cm³/mol. The number of nitrogens with two attached hydrogens (primary N) is 1. The number of ether oxygens (including phenoxy) is 1. The topological polar surface area (TPSA) is 64.4 Å². The number of amides is 1. The predicted octanol–water partition coefficient (Wildman–Crippen LogP) is 3.03. The zero-order chi connectivity index (χ0) is 14.7. The Morgan fingerprint density at radius 2 is 2.30 bits per heavy atom. The van der Waals surface area contributed by atoms with E-state index in [0.29, 0.717) is 4.88 Å². The first-order valence-corrected chi connectivity index (χ1v) is 6.89. The number of para-hydroxylation sites is 1. The number of halogens is 2. The molecule has 0 atom stereocenters. The van der Waals surface area contributed by atoms with E-state index in [0.717, 1.165) is 10.4 Å². The molecule has 2 aromatic rings. The van der Waals surface area contributed by atoms with Crippen LogP contribution in [0.25, 0.3) is 0 Å². The number of nitrogen functional groups attached to an aromatic ring is 1. The van der Waals surface area contributed by atoms with Crippen molar-refractivity contribution >= 4 is 28.8 Å². The molecule has 20 heavy (non-hydrogen) atoms. The highest BCUT2D eigenvalue weighted by molar-refractivity contribution is 7.14. The minimum absolute atomic E-state index is 0.00425. The first-order chi connectivity index (χ1) is 9.52. The van der Waals surface area contributed by atoms with E-state index in [1.54, 1.807) is 12.1 Å². The maximum atomic E-state index is 13.6. The Kier molecular flexibility index (Phi) is 4.59. The molecule has 7 heteroatoms. The van der Waals surface area contributed by atoms with Crippen molar-refractivity contribution in [2.75, 3.05) is 0 Å². The molecule has 3 N–H and O–H groups in total. The number of carbonyl (C=O) groups is 1. The average molecular weight is 315 g/mol. The van der Waals surface area contributed by atoms with Crippen LogP contribution in [0.4, 0.5) is 4.39 Å². The molecule has 0 saturated heterocycles. The SMILES string of the molecule is Cc1sc(C(=O)NN)cc1COc1c(F)cccc1Cl. The summed E-state index contributed by atoms with van der Waals surface area (Å²) in [5.41, 5.74) is 2.85. The number of nitrogens with one attached hydrogen (secondary N) is 1. The third-order valence-corrected chi connectivity index (χ3v) is 4.06. The molecule has 0 bridgehead atoms. The van der Waals surface area contributed by atoms with E-state index in [9.17, 15) is 9.18 Å². The van der Waals surface area contributed by atoms with Gasteiger partial charge >= 0.3 is 0 Å². The Balaban J connectivity index is 2.15. The van der Waals surface area contributed by atoms with Crippen LogP contribution in [-0.2, 0) is 6.61 Å². The molecule has 0 saturated carbocycles. The van der Waals surface area contributed by atoms with Gasteiger partial charge in [-0.2, -0.15) is 0 Å². The maximum absolute atomic E-state index is 13.6. The van der Waals surface area contributed by atoms with Crippen LogP contribution in [0.15, 0.2) is 24.3 Å². The number of hydrogen-bond acceptors (Lipinski definition) is 4. The third-order valence-electron chi connectivity index (χ3n) is 2.67. The molecule has 1 amide bonds. The van der Waals surface area contributed by atoms with Gasteiger partial charge in [0, 0.05) is 10.4 Å². The molecule has 106 valence electrons. The van der Waals surface area contributed by atoms with Gasteiger partial charge in [-0.3, -0.25) is 10.2 Å². The lowest BCUT2D eigenvalue weighted by atomic mass is 10.2. The number of hydrazine groups is 1. The third kappa shape index (κ3) is 3.09. The summed E-state index contributed by atoms with van der Waals surface area (Å²) in [4.78, 5) is 12.8. The van der Waals surface area contributed by atoms with E-state index in [1.165, 1.54) is 23.5 Å². The summed E-state index contributed by atoms with van der Waals surface area (Å²) in [5.74, 6) is 4.19. The zero-order valence-corrected chi connectivity index (χ0v) is 12.1. The number of hydrogen-bond donors (Lipinski definition) is 2. The van der Waals surface area contributed by atoms with Gasteiger partial charge in [-0.15, -0.1) is 11.3 Å². The summed E-state index contributed by atoms with van der Waals surface area (Å²) in [6.45, 7) is 1.97. The van der Waals surface area contributed by atoms with E-state index in [2.05, 4.69) is 5.43 Å². The molecule has 0 unspecified atom stereocenters. The van der Waals surface area contributed by atoms with Crippen molar-refractivity contribution in [3.63, 3.8) is 0 Å². The Morgan fingerprint density at radius 3 is 2.95 bits per heavy atom. The highest BCUT2D eigenvalue weighted by atomic mass is 35.5. The molecule has 0 aliphatic carbocycles. The van der Waals surface area contributed by atoms with Gasteiger partial charge in [0.05, 0.1) is 9.90 Å². The Morgan fingerprint density at radius 1 is 1.55 bits per heavy atom. The standard InChI is InChI=1S/C13H12ClFN2O2S/c1-7-8(5-11(20-7)13(18)17-16)6-19-12-9(14)3-2-4-10(12)15/h2-5H,6,16H2,1H3,(H,17,18). The van der Waals surface area contributed by atoms with Crippen molar-refractivity contribution in [3.05, 3.63) is 50.4 Å². The summed E-state index contributed by atoms with van der Waals surface area (Å²) in [5, 5.41) is 0.206. The van der Waals surface area contributed by atoms with Gasteiger partial charge in [-0.1, -0.05) is 17.7 Å². The minimum Gasteiger partial charge on any atom is -0.484 e. The maximum Gasteiger partial charge on any atom is 0.275 e. The Labute approximate surface area is 124 Å². The van der Waals surface area contributed by atoms with Crippen molar-refractivity contribution in [2.45, 2.75) is 13.5 Å². The molecule has 1 aromatic heterocycles. The molecule has 0 radical (unpaired) electrons. The van der Waals surface area contributed by atoms with Crippen molar-refractivity contribution < 1.29 is 13.9 Å². The number of carbonyl (C=O) groups excluding carboxylic acids is 1. The Bertz CT molecular complexity index is 625. The summed E-state index contributed by atoms with van der Waals surface area (Å²) in [6.07, 6.45) is 0. The quantitative estimate of drug-likeness (QED) is 0.518. The highest BCUT2D eigenvalue weighted by Crippen LogP contribution is 2.29. The second kappa shape index (κ2) is 6.21. The molecule has 0 aliphatic rings. The van der Waals surface area contributed by atoms with E-state index in [-0.39, 0.29) is 23.3 Å². The molecule has 0 spiro atoms. The fourth-order valence-corrected chi connectivity index (χ4v) is 2.77. The Hall–Kier alpha value is -1.63. The summed E-state index contributed by atoms with van der Waals surface area (Å²) < 4.78 is 19.0. The number of benzene rings is 1. The van der Waals surface area contributed by atoms with Gasteiger partial charge in [0.2, 0.25) is 0 Å². The average Bonchev–Trinajstić information content (AvgIpc) is 2.79. The molecule has 2 rings (SSSR count). The smallest absolute Gasteiger partial charge is 0.275 e. The van der Waals surface area contributed by atoms with E-state index < -0.39 is 5.82 Å². The second-order valence-corrected chi connectivity index (χ2v) is 5.67. The largest absolute Gasteiger partial charge is 0.484 e. The highest BCUT2D eigenvalue weighted by Gasteiger charge is 2.13. The van der Waals surface area contributed by atoms with Crippen molar-refractivity contribution in [1.82, 2.24) is 5.43 Å². The van der Waals surface area contributed by atoms with Crippen LogP contribution in [0.5, 0.6) is 5.75 Å². The van der Waals surface area contributed by atoms with Crippen LogP contribution in [0.1, 0.15) is 20.1 Å². The summed E-state index contributed by atoms with van der Waals surface area (Å²) in [6, 6.07) is 5.99. The fraction of sp³-hybridized carbons (Fsp3) is 0.154. The van der Waals surface area contributed by atoms with E-state index >= 15 is 0 Å². The molecular formula is C13H12ClFN2O2S. The summed E-state index contributed by atoms with van der Waals surface area (Å²) in [7, 11) is 0. The molecule has 1 heterocycles. The van der Waals surface area contributed by atoms with Gasteiger partial charge < -0.3 is 4.74 Å². The molecular weight excluding hydrogens is 303 g/mol. The van der Waals surface area contributed by atoms with E-state index in [4.69, 9.17) is 22.2 Å². The lowest BCUT2D eigenvalue weighted by Gasteiger charge is -2.08. The molecule has 0 fully saturated rings. The van der Waals surface area contributed by atoms with Gasteiger partial charge in [-0.25, -0.2) is 10.2 Å². The lowest BCUT2D eigenvalue weighted by molar-refractivity contribution is 0.0957. The van der Waals surface area contributed by atoms with Crippen LogP contribution in [0.3, 0.4) is 0 Å². The fourth-order valence-electron chi connectivity index (χ4n) is 1.62. The first-order valence-electron chi connectivity index (χ1n) is 5.70. The lowest BCUT2D eigenvalue weighted by Crippen LogP contribution is -2.29.